The number of hydrogen-bond acceptors (Lipinski definition) is 4. The zero-order valence-electron chi connectivity index (χ0n) is 18.1. The Hall–Kier alpha value is -3.06. The number of nitrogens with one attached hydrogen (secondary N) is 3. The fraction of sp³-hybridized carbons (Fsp3) is 0.364. The van der Waals surface area contributed by atoms with Crippen LogP contribution in [0.15, 0.2) is 48.5 Å². The second kappa shape index (κ2) is 9.93. The van der Waals surface area contributed by atoms with Gasteiger partial charge in [0.05, 0.1) is 20.6 Å². The summed E-state index contributed by atoms with van der Waals surface area (Å²) in [7, 11) is 11.9. The molecule has 0 aliphatic heterocycles. The zero-order chi connectivity index (χ0) is 21.6. The van der Waals surface area contributed by atoms with Crippen LogP contribution in [0, 0.1) is 0 Å². The van der Waals surface area contributed by atoms with Crippen LogP contribution in [0.4, 0.5) is 17.1 Å². The number of quaternary nitrogens is 1. The second-order valence-corrected chi connectivity index (χ2v) is 7.72. The van der Waals surface area contributed by atoms with E-state index in [0.29, 0.717) is 12.2 Å². The van der Waals surface area contributed by atoms with Crippen LogP contribution in [0.5, 0.6) is 0 Å². The van der Waals surface area contributed by atoms with Crippen LogP contribution in [0.3, 0.4) is 0 Å². The number of carbonyl (C=O) groups is 2. The summed E-state index contributed by atoms with van der Waals surface area (Å²) >= 11 is 0. The number of anilines is 3. The zero-order valence-corrected chi connectivity index (χ0v) is 18.1. The number of amides is 2. The van der Waals surface area contributed by atoms with Gasteiger partial charge in [-0.15, -0.1) is 0 Å². The van der Waals surface area contributed by atoms with Crippen molar-refractivity contribution in [1.29, 1.82) is 0 Å². The molecule has 1 atom stereocenters. The van der Waals surface area contributed by atoms with Crippen molar-refractivity contribution in [3.8, 4) is 0 Å². The Morgan fingerprint density at radius 3 is 1.76 bits per heavy atom. The van der Waals surface area contributed by atoms with Gasteiger partial charge in [-0.05, 0) is 36.4 Å². The summed E-state index contributed by atoms with van der Waals surface area (Å²) in [6.07, 6.45) is 0. The molecule has 29 heavy (non-hydrogen) atoms. The van der Waals surface area contributed by atoms with E-state index in [9.17, 15) is 9.59 Å². The third kappa shape index (κ3) is 6.22. The minimum Gasteiger partial charge on any atom is -0.378 e. The Kier molecular flexibility index (Phi) is 7.61. The second-order valence-electron chi connectivity index (χ2n) is 7.72. The van der Waals surface area contributed by atoms with Crippen LogP contribution in [0.25, 0.3) is 0 Å². The molecule has 0 saturated heterocycles. The molecule has 0 saturated carbocycles. The molecule has 0 aliphatic carbocycles. The molecule has 156 valence electrons. The van der Waals surface area contributed by atoms with Crippen molar-refractivity contribution in [1.82, 2.24) is 5.32 Å². The molecule has 0 heterocycles. The maximum Gasteiger partial charge on any atom is 0.313 e. The minimum absolute atomic E-state index is 0.0438. The van der Waals surface area contributed by atoms with Gasteiger partial charge < -0.3 is 25.3 Å². The first kappa shape index (κ1) is 22.2. The van der Waals surface area contributed by atoms with Gasteiger partial charge in [-0.1, -0.05) is 12.1 Å². The van der Waals surface area contributed by atoms with E-state index >= 15 is 0 Å². The molecule has 2 rings (SSSR count). The molecule has 0 fully saturated rings. The standard InChI is InChI=1S/C22H31N5O2/c1-25(2)18-11-7-16(8-12-18)20(27(5)6)15-23-21(28)22(29)24-17-9-13-19(14-10-17)26(3)4/h7-14,20H,15H2,1-6H3,(H,23,28)(H,24,29)/p+1/t20-/m0/s1. The fourth-order valence-corrected chi connectivity index (χ4v) is 2.97. The third-order valence-electron chi connectivity index (χ3n) is 4.82. The molecule has 0 aromatic heterocycles. The number of rotatable bonds is 7. The van der Waals surface area contributed by atoms with E-state index in [-0.39, 0.29) is 6.04 Å². The first-order valence-electron chi connectivity index (χ1n) is 9.63. The SMILES string of the molecule is CN(C)c1ccc(NC(=O)C(=O)NC[C@@H](c2ccc(N(C)C)cc2)[NH+](C)C)cc1. The van der Waals surface area contributed by atoms with Crippen LogP contribution in [-0.2, 0) is 9.59 Å². The van der Waals surface area contributed by atoms with Gasteiger partial charge in [0.2, 0.25) is 0 Å². The molecule has 0 aliphatic rings. The van der Waals surface area contributed by atoms with Crippen molar-refractivity contribution in [2.75, 3.05) is 63.9 Å². The lowest BCUT2D eigenvalue weighted by molar-refractivity contribution is -0.890. The number of benzene rings is 2. The number of carbonyl (C=O) groups excluding carboxylic acids is 2. The van der Waals surface area contributed by atoms with Crippen LogP contribution >= 0.6 is 0 Å². The summed E-state index contributed by atoms with van der Waals surface area (Å²) in [4.78, 5) is 29.7. The van der Waals surface area contributed by atoms with Crippen LogP contribution in [0.1, 0.15) is 11.6 Å². The van der Waals surface area contributed by atoms with E-state index < -0.39 is 11.8 Å². The van der Waals surface area contributed by atoms with Gasteiger partial charge in [0, 0.05) is 50.8 Å². The van der Waals surface area contributed by atoms with E-state index in [1.54, 1.807) is 12.1 Å². The molecule has 0 radical (unpaired) electrons. The van der Waals surface area contributed by atoms with Crippen molar-refractivity contribution in [2.45, 2.75) is 6.04 Å². The van der Waals surface area contributed by atoms with Gasteiger partial charge in [0.15, 0.2) is 0 Å². The molecule has 2 aromatic carbocycles. The Labute approximate surface area is 173 Å². The van der Waals surface area contributed by atoms with Gasteiger partial charge in [0.1, 0.15) is 6.04 Å². The van der Waals surface area contributed by atoms with Crippen LogP contribution < -0.4 is 25.3 Å². The average molecular weight is 399 g/mol. The third-order valence-corrected chi connectivity index (χ3v) is 4.82. The van der Waals surface area contributed by atoms with Gasteiger partial charge >= 0.3 is 11.8 Å². The summed E-state index contributed by atoms with van der Waals surface area (Å²) < 4.78 is 0. The predicted octanol–water partition coefficient (Wildman–Crippen LogP) is 0.759. The van der Waals surface area contributed by atoms with Crippen molar-refractivity contribution in [3.63, 3.8) is 0 Å². The van der Waals surface area contributed by atoms with Crippen LogP contribution in [-0.4, -0.2) is 60.6 Å². The Morgan fingerprint density at radius 1 is 0.828 bits per heavy atom. The molecule has 2 amide bonds. The largest absolute Gasteiger partial charge is 0.378 e. The lowest BCUT2D eigenvalue weighted by Gasteiger charge is -2.23. The van der Waals surface area contributed by atoms with E-state index in [1.807, 2.05) is 64.2 Å². The summed E-state index contributed by atoms with van der Waals surface area (Å²) in [5, 5.41) is 5.40. The molecule has 0 spiro atoms. The summed E-state index contributed by atoms with van der Waals surface area (Å²) in [6, 6.07) is 15.6. The molecule has 2 aromatic rings. The lowest BCUT2D eigenvalue weighted by Crippen LogP contribution is -3.07. The van der Waals surface area contributed by atoms with E-state index in [1.165, 1.54) is 4.90 Å². The van der Waals surface area contributed by atoms with Crippen molar-refractivity contribution in [3.05, 3.63) is 54.1 Å². The maximum absolute atomic E-state index is 12.3. The highest BCUT2D eigenvalue weighted by Gasteiger charge is 2.21. The predicted molar refractivity (Wildman–Crippen MR) is 119 cm³/mol. The van der Waals surface area contributed by atoms with Crippen molar-refractivity contribution in [2.24, 2.45) is 0 Å². The van der Waals surface area contributed by atoms with Crippen molar-refractivity contribution >= 4 is 28.9 Å². The normalized spacial score (nSPS) is 11.7. The molecule has 7 nitrogen and oxygen atoms in total. The molecule has 3 N–H and O–H groups in total. The molecular formula is C22H32N5O2+. The van der Waals surface area contributed by atoms with E-state index in [0.717, 1.165) is 16.9 Å². The average Bonchev–Trinajstić information content (AvgIpc) is 2.68. The molecule has 7 heteroatoms. The number of hydrogen-bond donors (Lipinski definition) is 3. The first-order valence-corrected chi connectivity index (χ1v) is 9.63. The quantitative estimate of drug-likeness (QED) is 0.603. The van der Waals surface area contributed by atoms with Gasteiger partial charge in [-0.2, -0.15) is 0 Å². The Morgan fingerprint density at radius 2 is 1.31 bits per heavy atom. The highest BCUT2D eigenvalue weighted by atomic mass is 16.2. The van der Waals surface area contributed by atoms with E-state index in [2.05, 4.69) is 34.9 Å². The van der Waals surface area contributed by atoms with Gasteiger partial charge in [-0.25, -0.2) is 0 Å². The summed E-state index contributed by atoms with van der Waals surface area (Å²) in [5.74, 6) is -1.31. The number of nitrogens with zero attached hydrogens (tertiary/aromatic N) is 2. The Balaban J connectivity index is 1.96. The van der Waals surface area contributed by atoms with Crippen molar-refractivity contribution < 1.29 is 14.5 Å². The lowest BCUT2D eigenvalue weighted by atomic mass is 10.1. The minimum atomic E-state index is -0.668. The molecule has 0 bridgehead atoms. The monoisotopic (exact) mass is 398 g/mol. The first-order chi connectivity index (χ1) is 13.7. The van der Waals surface area contributed by atoms with Gasteiger partial charge in [-0.3, -0.25) is 9.59 Å². The van der Waals surface area contributed by atoms with Crippen LogP contribution in [0.2, 0.25) is 0 Å². The fourth-order valence-electron chi connectivity index (χ4n) is 2.97. The summed E-state index contributed by atoms with van der Waals surface area (Å²) in [6.45, 7) is 0.371. The highest BCUT2D eigenvalue weighted by molar-refractivity contribution is 6.39. The van der Waals surface area contributed by atoms with Gasteiger partial charge in [0.25, 0.3) is 0 Å². The molecule has 0 unspecified atom stereocenters. The maximum atomic E-state index is 12.3. The summed E-state index contributed by atoms with van der Waals surface area (Å²) in [5.41, 5.74) is 3.83. The van der Waals surface area contributed by atoms with E-state index in [4.69, 9.17) is 0 Å². The number of likely N-dealkylation sites (N-methyl/N-ethyl adjacent to an activating group) is 1. The highest BCUT2D eigenvalue weighted by Crippen LogP contribution is 2.17. The molecular weight excluding hydrogens is 366 g/mol. The smallest absolute Gasteiger partial charge is 0.313 e. The topological polar surface area (TPSA) is 69.1 Å². The Bertz CT molecular complexity index is 814.